The van der Waals surface area contributed by atoms with Gasteiger partial charge in [-0.2, -0.15) is 0 Å². The highest BCUT2D eigenvalue weighted by Gasteiger charge is 2.23. The van der Waals surface area contributed by atoms with Crippen molar-refractivity contribution in [3.63, 3.8) is 0 Å². The number of pyridine rings is 1. The summed E-state index contributed by atoms with van der Waals surface area (Å²) >= 11 is 0. The highest BCUT2D eigenvalue weighted by molar-refractivity contribution is 5.78. The lowest BCUT2D eigenvalue weighted by molar-refractivity contribution is -0.133. The maximum absolute atomic E-state index is 13.7. The highest BCUT2D eigenvalue weighted by Crippen LogP contribution is 2.16. The third-order valence-electron chi connectivity index (χ3n) is 4.43. The van der Waals surface area contributed by atoms with E-state index >= 15 is 0 Å². The van der Waals surface area contributed by atoms with E-state index < -0.39 is 0 Å². The molecule has 6 heteroatoms. The molecular weight excluding hydrogens is 335 g/mol. The maximum atomic E-state index is 13.7. The summed E-state index contributed by atoms with van der Waals surface area (Å²) < 4.78 is 25.0. The Balaban J connectivity index is 1.35. The zero-order chi connectivity index (χ0) is 18.2. The van der Waals surface area contributed by atoms with Gasteiger partial charge in [0.25, 0.3) is 0 Å². The van der Waals surface area contributed by atoms with Gasteiger partial charge in [-0.3, -0.25) is 9.78 Å². The van der Waals surface area contributed by atoms with Gasteiger partial charge in [0, 0.05) is 19.3 Å². The van der Waals surface area contributed by atoms with Gasteiger partial charge in [0.2, 0.25) is 5.91 Å². The average Bonchev–Trinajstić information content (AvgIpc) is 2.68. The molecule has 0 atom stereocenters. The number of amides is 1. The number of nitrogens with zero attached hydrogens (tertiary/aromatic N) is 2. The second-order valence-electron chi connectivity index (χ2n) is 6.26. The van der Waals surface area contributed by atoms with Gasteiger partial charge in [0.15, 0.2) is 0 Å². The zero-order valence-electron chi connectivity index (χ0n) is 14.6. The number of carbonyl (C=O) groups excluding carboxylic acids is 1. The Hall–Kier alpha value is -2.47. The monoisotopic (exact) mass is 358 g/mol. The van der Waals surface area contributed by atoms with Crippen LogP contribution in [0.25, 0.3) is 0 Å². The van der Waals surface area contributed by atoms with Crippen molar-refractivity contribution >= 4 is 5.91 Å². The molecule has 0 saturated carbocycles. The SMILES string of the molecule is O=C(Cc1ccccc1F)N1CCC(OCCOc2cccnc2)CC1. The fourth-order valence-electron chi connectivity index (χ4n) is 3.00. The van der Waals surface area contributed by atoms with Crippen LogP contribution in [0.5, 0.6) is 5.75 Å². The van der Waals surface area contributed by atoms with Crippen molar-refractivity contribution in [3.05, 3.63) is 60.2 Å². The molecule has 1 amide bonds. The molecule has 26 heavy (non-hydrogen) atoms. The summed E-state index contributed by atoms with van der Waals surface area (Å²) in [5.74, 6) is 0.366. The van der Waals surface area contributed by atoms with Gasteiger partial charge in [0.1, 0.15) is 18.2 Å². The Labute approximate surface area is 152 Å². The molecule has 2 heterocycles. The third-order valence-corrected chi connectivity index (χ3v) is 4.43. The minimum atomic E-state index is -0.326. The van der Waals surface area contributed by atoms with Crippen LogP contribution >= 0.6 is 0 Å². The lowest BCUT2D eigenvalue weighted by atomic mass is 10.1. The first-order valence-corrected chi connectivity index (χ1v) is 8.88. The lowest BCUT2D eigenvalue weighted by Crippen LogP contribution is -2.41. The smallest absolute Gasteiger partial charge is 0.227 e. The summed E-state index contributed by atoms with van der Waals surface area (Å²) in [5, 5.41) is 0. The normalized spacial score (nSPS) is 15.0. The van der Waals surface area contributed by atoms with Crippen LogP contribution in [0.1, 0.15) is 18.4 Å². The summed E-state index contributed by atoms with van der Waals surface area (Å²) in [4.78, 5) is 18.1. The summed E-state index contributed by atoms with van der Waals surface area (Å²) in [6, 6.07) is 10.1. The molecule has 1 fully saturated rings. The Kier molecular flexibility index (Phi) is 6.55. The van der Waals surface area contributed by atoms with Crippen molar-refractivity contribution < 1.29 is 18.7 Å². The molecular formula is C20H23FN2O3. The van der Waals surface area contributed by atoms with Crippen molar-refractivity contribution in [2.24, 2.45) is 0 Å². The van der Waals surface area contributed by atoms with E-state index in [9.17, 15) is 9.18 Å². The maximum Gasteiger partial charge on any atom is 0.227 e. The molecule has 2 aromatic rings. The average molecular weight is 358 g/mol. The molecule has 1 aromatic heterocycles. The summed E-state index contributed by atoms with van der Waals surface area (Å²) in [6.07, 6.45) is 5.18. The number of piperidine rings is 1. The third kappa shape index (κ3) is 5.26. The lowest BCUT2D eigenvalue weighted by Gasteiger charge is -2.32. The van der Waals surface area contributed by atoms with Crippen molar-refractivity contribution in [2.45, 2.75) is 25.4 Å². The molecule has 3 rings (SSSR count). The van der Waals surface area contributed by atoms with Crippen molar-refractivity contribution in [1.29, 1.82) is 0 Å². The van der Waals surface area contributed by atoms with Crippen LogP contribution in [0.15, 0.2) is 48.8 Å². The van der Waals surface area contributed by atoms with Gasteiger partial charge in [-0.05, 0) is 36.6 Å². The van der Waals surface area contributed by atoms with Crippen LogP contribution in [-0.4, -0.2) is 48.2 Å². The number of hydrogen-bond donors (Lipinski definition) is 0. The van der Waals surface area contributed by atoms with Crippen LogP contribution in [-0.2, 0) is 16.0 Å². The van der Waals surface area contributed by atoms with Crippen molar-refractivity contribution in [3.8, 4) is 5.75 Å². The predicted octanol–water partition coefficient (Wildman–Crippen LogP) is 2.85. The molecule has 1 aromatic carbocycles. The van der Waals surface area contributed by atoms with Gasteiger partial charge >= 0.3 is 0 Å². The fourth-order valence-corrected chi connectivity index (χ4v) is 3.00. The van der Waals surface area contributed by atoms with E-state index in [1.165, 1.54) is 6.07 Å². The van der Waals surface area contributed by atoms with Gasteiger partial charge in [-0.25, -0.2) is 4.39 Å². The van der Waals surface area contributed by atoms with Crippen LogP contribution in [0.2, 0.25) is 0 Å². The van der Waals surface area contributed by atoms with Crippen molar-refractivity contribution in [2.75, 3.05) is 26.3 Å². The molecule has 1 saturated heterocycles. The number of halogens is 1. The summed E-state index contributed by atoms with van der Waals surface area (Å²) in [6.45, 7) is 2.25. The van der Waals surface area contributed by atoms with Gasteiger partial charge < -0.3 is 14.4 Å². The van der Waals surface area contributed by atoms with E-state index in [2.05, 4.69) is 4.98 Å². The largest absolute Gasteiger partial charge is 0.490 e. The van der Waals surface area contributed by atoms with Crippen molar-refractivity contribution in [1.82, 2.24) is 9.88 Å². The molecule has 0 aliphatic carbocycles. The van der Waals surface area contributed by atoms with E-state index in [-0.39, 0.29) is 24.2 Å². The second kappa shape index (κ2) is 9.29. The minimum absolute atomic E-state index is 0.0338. The molecule has 0 spiro atoms. The number of carbonyl (C=O) groups is 1. The molecule has 1 aliphatic heterocycles. The fraction of sp³-hybridized carbons (Fsp3) is 0.400. The highest BCUT2D eigenvalue weighted by atomic mass is 19.1. The zero-order valence-corrected chi connectivity index (χ0v) is 14.6. The molecule has 0 unspecified atom stereocenters. The minimum Gasteiger partial charge on any atom is -0.490 e. The van der Waals surface area contributed by atoms with Crippen LogP contribution in [0.3, 0.4) is 0 Å². The Morgan fingerprint density at radius 1 is 1.15 bits per heavy atom. The summed E-state index contributed by atoms with van der Waals surface area (Å²) in [5.41, 5.74) is 0.448. The van der Waals surface area contributed by atoms with E-state index in [0.29, 0.717) is 31.9 Å². The first-order chi connectivity index (χ1) is 12.7. The first-order valence-electron chi connectivity index (χ1n) is 8.88. The predicted molar refractivity (Wildman–Crippen MR) is 95.4 cm³/mol. The number of likely N-dealkylation sites (tertiary alicyclic amines) is 1. The Bertz CT molecular complexity index is 703. The molecule has 0 radical (unpaired) electrons. The van der Waals surface area contributed by atoms with Gasteiger partial charge in [-0.15, -0.1) is 0 Å². The Morgan fingerprint density at radius 2 is 1.96 bits per heavy atom. The number of rotatable bonds is 7. The molecule has 5 nitrogen and oxygen atoms in total. The number of ether oxygens (including phenoxy) is 2. The second-order valence-corrected chi connectivity index (χ2v) is 6.26. The van der Waals surface area contributed by atoms with E-state index in [0.717, 1.165) is 18.6 Å². The molecule has 0 bridgehead atoms. The topological polar surface area (TPSA) is 51.7 Å². The Morgan fingerprint density at radius 3 is 2.69 bits per heavy atom. The van der Waals surface area contributed by atoms with E-state index in [1.807, 2.05) is 12.1 Å². The van der Waals surface area contributed by atoms with Crippen LogP contribution in [0.4, 0.5) is 4.39 Å². The quantitative estimate of drug-likeness (QED) is 0.714. The number of benzene rings is 1. The van der Waals surface area contributed by atoms with Crippen LogP contribution < -0.4 is 4.74 Å². The van der Waals surface area contributed by atoms with Gasteiger partial charge in [0.05, 0.1) is 25.3 Å². The number of aromatic nitrogens is 1. The first kappa shape index (κ1) is 18.3. The molecule has 0 N–H and O–H groups in total. The summed E-state index contributed by atoms with van der Waals surface area (Å²) in [7, 11) is 0. The van der Waals surface area contributed by atoms with Gasteiger partial charge in [-0.1, -0.05) is 18.2 Å². The van der Waals surface area contributed by atoms with E-state index in [1.54, 1.807) is 35.5 Å². The standard InChI is InChI=1S/C20H23FN2O3/c21-19-6-2-1-4-16(19)14-20(24)23-10-7-17(8-11-23)25-12-13-26-18-5-3-9-22-15-18/h1-6,9,15,17H,7-8,10-14H2. The van der Waals surface area contributed by atoms with Crippen LogP contribution in [0, 0.1) is 5.82 Å². The molecule has 138 valence electrons. The number of hydrogen-bond acceptors (Lipinski definition) is 4. The molecule has 1 aliphatic rings. The van der Waals surface area contributed by atoms with E-state index in [4.69, 9.17) is 9.47 Å².